The van der Waals surface area contributed by atoms with Crippen molar-refractivity contribution in [2.45, 2.75) is 6.42 Å². The van der Waals surface area contributed by atoms with Crippen molar-refractivity contribution in [2.24, 2.45) is 0 Å². The van der Waals surface area contributed by atoms with Crippen LogP contribution in [0.15, 0.2) is 218 Å². The maximum atomic E-state index is 6.76. The zero-order valence-electron chi connectivity index (χ0n) is 41.3. The molecule has 0 aliphatic heterocycles. The third-order valence-electron chi connectivity index (χ3n) is 15.8. The topological polar surface area (TPSA) is 56.5 Å². The lowest BCUT2D eigenvalue weighted by molar-refractivity contribution is 1.02. The van der Waals surface area contributed by atoms with Crippen LogP contribution in [0.4, 0.5) is 0 Å². The minimum atomic E-state index is 0.246. The number of halogens is 1. The molecule has 11 aromatic carbocycles. The van der Waals surface area contributed by atoms with Crippen LogP contribution in [0.25, 0.3) is 154 Å². The highest BCUT2D eigenvalue weighted by Gasteiger charge is 2.26. The second kappa shape index (κ2) is 17.1. The zero-order valence-corrected chi connectivity index (χ0v) is 44.5. The summed E-state index contributed by atoms with van der Waals surface area (Å²) in [4.78, 5) is 21.1. The number of hydrogen-bond acceptors (Lipinski definition) is 7. The first kappa shape index (κ1) is 44.3. The summed E-state index contributed by atoms with van der Waals surface area (Å²) in [5, 5.41) is 14.6. The van der Waals surface area contributed by atoms with Gasteiger partial charge in [0.2, 0.25) is 11.2 Å². The maximum Gasteiger partial charge on any atom is 0.235 e. The molecule has 0 atom stereocenters. The lowest BCUT2D eigenvalue weighted by Crippen LogP contribution is -2.04. The van der Waals surface area contributed by atoms with Gasteiger partial charge in [0.15, 0.2) is 0 Å². The SMILES string of the molecule is Clc1nc(-c2ccccc2)c2sc3cccc(Cc4ccc5c(c4)c4ccccc4c4c6cccc(-c7ccc8c(c7)sc7ccc9ccccc9c78)c6n(-c6nc(-c7ccccc7)c7sc8ccccc8c7n6)c54)c3c2n1. The van der Waals surface area contributed by atoms with Crippen LogP contribution >= 0.6 is 45.6 Å². The van der Waals surface area contributed by atoms with Gasteiger partial charge in [0, 0.05) is 73.2 Å². The van der Waals surface area contributed by atoms with Crippen molar-refractivity contribution in [2.75, 3.05) is 0 Å². The number of aromatic nitrogens is 5. The van der Waals surface area contributed by atoms with Gasteiger partial charge >= 0.3 is 0 Å². The molecular formula is C69H38ClN5S3. The van der Waals surface area contributed by atoms with E-state index in [1.165, 1.54) is 68.3 Å². The van der Waals surface area contributed by atoms with E-state index in [1.54, 1.807) is 22.7 Å². The molecule has 0 bridgehead atoms. The highest BCUT2D eigenvalue weighted by atomic mass is 35.5. The van der Waals surface area contributed by atoms with E-state index in [9.17, 15) is 0 Å². The van der Waals surface area contributed by atoms with E-state index in [1.807, 2.05) is 29.5 Å². The van der Waals surface area contributed by atoms with E-state index in [0.717, 1.165) is 91.4 Å². The predicted octanol–water partition coefficient (Wildman–Crippen LogP) is 20.2. The normalized spacial score (nSPS) is 12.2. The molecule has 364 valence electrons. The molecule has 6 aromatic heterocycles. The molecule has 0 fully saturated rings. The van der Waals surface area contributed by atoms with Crippen LogP contribution in [-0.4, -0.2) is 24.5 Å². The molecule has 0 saturated heterocycles. The fourth-order valence-corrected chi connectivity index (χ4v) is 16.1. The van der Waals surface area contributed by atoms with Gasteiger partial charge < -0.3 is 0 Å². The van der Waals surface area contributed by atoms with Crippen molar-refractivity contribution in [1.29, 1.82) is 0 Å². The lowest BCUT2D eigenvalue weighted by Gasteiger charge is -2.15. The van der Waals surface area contributed by atoms with Gasteiger partial charge in [-0.3, -0.25) is 4.57 Å². The number of thiophene rings is 3. The molecule has 0 aliphatic rings. The first-order valence-corrected chi connectivity index (χ1v) is 28.8. The smallest absolute Gasteiger partial charge is 0.235 e. The Hall–Kier alpha value is -8.89. The van der Waals surface area contributed by atoms with Gasteiger partial charge in [-0.2, -0.15) is 0 Å². The largest absolute Gasteiger partial charge is 0.277 e. The van der Waals surface area contributed by atoms with Gasteiger partial charge in [-0.05, 0) is 85.9 Å². The highest BCUT2D eigenvalue weighted by molar-refractivity contribution is 7.27. The molecule has 0 amide bonds. The van der Waals surface area contributed by atoms with Crippen molar-refractivity contribution in [3.63, 3.8) is 0 Å². The molecule has 17 aromatic rings. The summed E-state index contributed by atoms with van der Waals surface area (Å²) in [6.45, 7) is 0. The van der Waals surface area contributed by atoms with Crippen LogP contribution in [0.2, 0.25) is 5.28 Å². The zero-order chi connectivity index (χ0) is 51.2. The fourth-order valence-electron chi connectivity index (χ4n) is 12.4. The van der Waals surface area contributed by atoms with Gasteiger partial charge in [-0.15, -0.1) is 34.0 Å². The Morgan fingerprint density at radius 2 is 1.04 bits per heavy atom. The number of fused-ring (bicyclic) bond motifs is 19. The van der Waals surface area contributed by atoms with Crippen molar-refractivity contribution in [1.82, 2.24) is 24.5 Å². The number of nitrogens with zero attached hydrogens (tertiary/aromatic N) is 5. The quantitative estimate of drug-likeness (QED) is 0.123. The summed E-state index contributed by atoms with van der Waals surface area (Å²) >= 11 is 12.1. The van der Waals surface area contributed by atoms with Crippen LogP contribution in [0.1, 0.15) is 11.1 Å². The molecule has 0 aliphatic carbocycles. The number of para-hydroxylation sites is 1. The molecule has 17 rings (SSSR count). The Morgan fingerprint density at radius 3 is 1.88 bits per heavy atom. The Balaban J connectivity index is 0.949. The van der Waals surface area contributed by atoms with Crippen LogP contribution < -0.4 is 0 Å². The number of rotatable bonds is 6. The fraction of sp³-hybridized carbons (Fsp3) is 0.0145. The molecular weight excluding hydrogens is 1030 g/mol. The Labute approximate surface area is 462 Å². The minimum absolute atomic E-state index is 0.246. The molecule has 0 spiro atoms. The Morgan fingerprint density at radius 1 is 0.372 bits per heavy atom. The van der Waals surface area contributed by atoms with Crippen LogP contribution in [0, 0.1) is 0 Å². The summed E-state index contributed by atoms with van der Waals surface area (Å²) in [5.74, 6) is 0.638. The first-order valence-electron chi connectivity index (χ1n) is 26.0. The molecule has 5 nitrogen and oxygen atoms in total. The molecule has 0 unspecified atom stereocenters. The van der Waals surface area contributed by atoms with Crippen molar-refractivity contribution < 1.29 is 0 Å². The Kier molecular flexibility index (Phi) is 9.68. The highest BCUT2D eigenvalue weighted by Crippen LogP contribution is 2.49. The second-order valence-electron chi connectivity index (χ2n) is 20.1. The van der Waals surface area contributed by atoms with Crippen LogP contribution in [0.5, 0.6) is 0 Å². The van der Waals surface area contributed by atoms with Gasteiger partial charge in [-0.25, -0.2) is 19.9 Å². The average molecular weight is 1070 g/mol. The summed E-state index contributed by atoms with van der Waals surface area (Å²) in [7, 11) is 0. The van der Waals surface area contributed by atoms with E-state index >= 15 is 0 Å². The molecule has 6 heterocycles. The van der Waals surface area contributed by atoms with E-state index < -0.39 is 0 Å². The van der Waals surface area contributed by atoms with Gasteiger partial charge in [0.1, 0.15) is 0 Å². The lowest BCUT2D eigenvalue weighted by atomic mass is 9.93. The molecule has 0 saturated carbocycles. The van der Waals surface area contributed by atoms with Gasteiger partial charge in [0.05, 0.1) is 42.9 Å². The summed E-state index contributed by atoms with van der Waals surface area (Å²) in [6.07, 6.45) is 0.697. The monoisotopic (exact) mass is 1070 g/mol. The summed E-state index contributed by atoms with van der Waals surface area (Å²) in [5.41, 5.74) is 12.5. The number of hydrogen-bond donors (Lipinski definition) is 0. The molecule has 0 N–H and O–H groups in total. The van der Waals surface area contributed by atoms with E-state index in [0.29, 0.717) is 12.4 Å². The summed E-state index contributed by atoms with van der Waals surface area (Å²) < 4.78 is 9.42. The second-order valence-corrected chi connectivity index (χ2v) is 23.7. The van der Waals surface area contributed by atoms with Crippen molar-refractivity contribution in [3.8, 4) is 39.6 Å². The van der Waals surface area contributed by atoms with E-state index in [-0.39, 0.29) is 5.28 Å². The van der Waals surface area contributed by atoms with Crippen molar-refractivity contribution in [3.05, 3.63) is 235 Å². The molecule has 0 radical (unpaired) electrons. The maximum absolute atomic E-state index is 6.76. The molecule has 78 heavy (non-hydrogen) atoms. The van der Waals surface area contributed by atoms with E-state index in [4.69, 9.17) is 31.5 Å². The average Bonchev–Trinajstić information content (AvgIpc) is 4.35. The van der Waals surface area contributed by atoms with Crippen molar-refractivity contribution >= 4 is 161 Å². The Bertz CT molecular complexity index is 5390. The van der Waals surface area contributed by atoms with Gasteiger partial charge in [-0.1, -0.05) is 194 Å². The minimum Gasteiger partial charge on any atom is -0.277 e. The van der Waals surface area contributed by atoms with Crippen LogP contribution in [-0.2, 0) is 6.42 Å². The van der Waals surface area contributed by atoms with Gasteiger partial charge in [0.25, 0.3) is 0 Å². The molecule has 9 heteroatoms. The third-order valence-corrected chi connectivity index (χ3v) is 19.4. The summed E-state index contributed by atoms with van der Waals surface area (Å²) in [6, 6.07) is 79.3. The van der Waals surface area contributed by atoms with E-state index in [2.05, 4.69) is 205 Å². The third kappa shape index (κ3) is 6.58. The standard InChI is InChI=1S/C69H38ClN5S3/c70-68-71-60(40-16-3-1-4-17-40)67-63(72-68)57-43(20-13-28-54(57)78-67)35-38-29-32-48-52(36-38)46-22-9-10-23-47(46)59-51-26-14-25-45(42-30-33-49-56(37-42)76-55-34-31-39-15-7-8-21-44(39)58(49)55)64(51)75(65(48)59)69-73-61(41-18-5-2-6-19-41)66-62(74-69)50-24-11-12-27-53(50)77-66/h1-34,36-37H,35H2. The van der Waals surface area contributed by atoms with Crippen LogP contribution in [0.3, 0.4) is 0 Å². The number of benzene rings is 11. The first-order chi connectivity index (χ1) is 38.6. The predicted molar refractivity (Wildman–Crippen MR) is 334 cm³/mol.